The number of benzene rings is 2. The van der Waals surface area contributed by atoms with Gasteiger partial charge in [0.15, 0.2) is 0 Å². The summed E-state index contributed by atoms with van der Waals surface area (Å²) in [5.74, 6) is 0.998. The molecular weight excluding hydrogens is 272 g/mol. The Hall–Kier alpha value is -1.84. The molecule has 0 radical (unpaired) electrons. The molecule has 0 amide bonds. The van der Waals surface area contributed by atoms with E-state index >= 15 is 0 Å². The zero-order valence-corrected chi connectivity index (χ0v) is 13.2. The van der Waals surface area contributed by atoms with Crippen molar-refractivity contribution < 1.29 is 4.74 Å². The van der Waals surface area contributed by atoms with Gasteiger partial charge in [0.25, 0.3) is 0 Å². The van der Waals surface area contributed by atoms with Gasteiger partial charge in [-0.25, -0.2) is 0 Å². The maximum absolute atomic E-state index is 6.09. The van der Waals surface area contributed by atoms with Gasteiger partial charge in [0, 0.05) is 37.8 Å². The molecule has 0 aliphatic carbocycles. The van der Waals surface area contributed by atoms with Crippen molar-refractivity contribution in [3.63, 3.8) is 0 Å². The van der Waals surface area contributed by atoms with Gasteiger partial charge in [0.1, 0.15) is 12.4 Å². The molecule has 1 heterocycles. The highest BCUT2D eigenvalue weighted by atomic mass is 16.5. The summed E-state index contributed by atoms with van der Waals surface area (Å²) in [6.07, 6.45) is 0. The fraction of sp³-hybridized carbons (Fsp3) is 0.368. The zero-order valence-electron chi connectivity index (χ0n) is 13.2. The standard InChI is InChI=1S/C19H24N2O/c1-16(21-13-11-20-12-14-21)18-9-5-6-10-19(18)22-15-17-7-3-2-4-8-17/h2-10,16,20H,11-15H2,1H3/t16-/m0/s1. The first kappa shape index (κ1) is 15.1. The van der Waals surface area contributed by atoms with Crippen LogP contribution in [0.5, 0.6) is 5.75 Å². The third-order valence-corrected chi connectivity index (χ3v) is 4.31. The van der Waals surface area contributed by atoms with Crippen LogP contribution in [-0.4, -0.2) is 31.1 Å². The third-order valence-electron chi connectivity index (χ3n) is 4.31. The molecule has 1 fully saturated rings. The van der Waals surface area contributed by atoms with Crippen LogP contribution in [0.3, 0.4) is 0 Å². The van der Waals surface area contributed by atoms with Crippen LogP contribution in [-0.2, 0) is 6.61 Å². The van der Waals surface area contributed by atoms with Crippen LogP contribution in [0.2, 0.25) is 0 Å². The van der Waals surface area contributed by atoms with Crippen LogP contribution in [0.25, 0.3) is 0 Å². The maximum Gasteiger partial charge on any atom is 0.124 e. The number of nitrogens with zero attached hydrogens (tertiary/aromatic N) is 1. The summed E-state index contributed by atoms with van der Waals surface area (Å²) in [5.41, 5.74) is 2.48. The third kappa shape index (κ3) is 3.67. The number of rotatable bonds is 5. The Morgan fingerprint density at radius 2 is 1.68 bits per heavy atom. The van der Waals surface area contributed by atoms with E-state index in [9.17, 15) is 0 Å². The van der Waals surface area contributed by atoms with E-state index in [0.29, 0.717) is 12.6 Å². The minimum absolute atomic E-state index is 0.383. The first-order chi connectivity index (χ1) is 10.8. The van der Waals surface area contributed by atoms with Gasteiger partial charge in [-0.05, 0) is 18.6 Å². The Bertz CT molecular complexity index is 579. The average Bonchev–Trinajstić information content (AvgIpc) is 2.61. The summed E-state index contributed by atoms with van der Waals surface area (Å²) < 4.78 is 6.09. The molecule has 0 bridgehead atoms. The number of hydrogen-bond acceptors (Lipinski definition) is 3. The van der Waals surface area contributed by atoms with Crippen molar-refractivity contribution in [2.45, 2.75) is 19.6 Å². The molecule has 1 saturated heterocycles. The Balaban J connectivity index is 1.71. The van der Waals surface area contributed by atoms with Gasteiger partial charge in [0.05, 0.1) is 0 Å². The number of nitrogens with one attached hydrogen (secondary N) is 1. The number of ether oxygens (including phenoxy) is 1. The summed E-state index contributed by atoms with van der Waals surface area (Å²) >= 11 is 0. The number of para-hydroxylation sites is 1. The van der Waals surface area contributed by atoms with Crippen molar-refractivity contribution in [3.05, 3.63) is 65.7 Å². The Morgan fingerprint density at radius 1 is 1.00 bits per heavy atom. The lowest BCUT2D eigenvalue weighted by molar-refractivity contribution is 0.180. The first-order valence-electron chi connectivity index (χ1n) is 8.05. The van der Waals surface area contributed by atoms with E-state index in [-0.39, 0.29) is 0 Å². The molecule has 1 aliphatic heterocycles. The molecule has 3 heteroatoms. The maximum atomic E-state index is 6.09. The topological polar surface area (TPSA) is 24.5 Å². The first-order valence-corrected chi connectivity index (χ1v) is 8.05. The van der Waals surface area contributed by atoms with Crippen LogP contribution in [0.4, 0.5) is 0 Å². The summed E-state index contributed by atoms with van der Waals surface area (Å²) in [6.45, 7) is 7.21. The van der Waals surface area contributed by atoms with Crippen molar-refractivity contribution in [3.8, 4) is 5.75 Å². The van der Waals surface area contributed by atoms with Crippen LogP contribution in [0, 0.1) is 0 Å². The largest absolute Gasteiger partial charge is 0.489 e. The minimum Gasteiger partial charge on any atom is -0.489 e. The van der Waals surface area contributed by atoms with Crippen LogP contribution in [0.1, 0.15) is 24.1 Å². The Labute approximate surface area is 132 Å². The molecule has 116 valence electrons. The van der Waals surface area contributed by atoms with E-state index in [1.807, 2.05) is 24.3 Å². The molecule has 22 heavy (non-hydrogen) atoms. The van der Waals surface area contributed by atoms with Crippen LogP contribution < -0.4 is 10.1 Å². The highest BCUT2D eigenvalue weighted by Crippen LogP contribution is 2.29. The van der Waals surface area contributed by atoms with Gasteiger partial charge in [0.2, 0.25) is 0 Å². The molecule has 3 rings (SSSR count). The van der Waals surface area contributed by atoms with Gasteiger partial charge in [-0.3, -0.25) is 4.90 Å². The normalized spacial score (nSPS) is 17.1. The molecule has 0 spiro atoms. The predicted molar refractivity (Wildman–Crippen MR) is 90.1 cm³/mol. The lowest BCUT2D eigenvalue weighted by Gasteiger charge is -2.33. The van der Waals surface area contributed by atoms with Gasteiger partial charge >= 0.3 is 0 Å². The fourth-order valence-corrected chi connectivity index (χ4v) is 2.96. The van der Waals surface area contributed by atoms with Gasteiger partial charge < -0.3 is 10.1 Å². The Kier molecular flexibility index (Phi) is 5.09. The number of hydrogen-bond donors (Lipinski definition) is 1. The summed E-state index contributed by atoms with van der Waals surface area (Å²) in [6, 6.07) is 19.1. The molecule has 2 aromatic carbocycles. The van der Waals surface area contributed by atoms with Crippen molar-refractivity contribution in [2.75, 3.05) is 26.2 Å². The lowest BCUT2D eigenvalue weighted by Crippen LogP contribution is -2.44. The molecule has 1 N–H and O–H groups in total. The lowest BCUT2D eigenvalue weighted by atomic mass is 10.0. The summed E-state index contributed by atoms with van der Waals surface area (Å²) in [4.78, 5) is 2.52. The summed E-state index contributed by atoms with van der Waals surface area (Å²) in [5, 5.41) is 3.41. The molecular formula is C19H24N2O. The number of piperazine rings is 1. The Morgan fingerprint density at radius 3 is 2.45 bits per heavy atom. The second-order valence-electron chi connectivity index (χ2n) is 5.77. The van der Waals surface area contributed by atoms with Gasteiger partial charge in [-0.1, -0.05) is 48.5 Å². The van der Waals surface area contributed by atoms with Gasteiger partial charge in [-0.2, -0.15) is 0 Å². The molecule has 0 saturated carbocycles. The highest BCUT2D eigenvalue weighted by molar-refractivity contribution is 5.36. The van der Waals surface area contributed by atoms with E-state index < -0.39 is 0 Å². The molecule has 2 aromatic rings. The zero-order chi connectivity index (χ0) is 15.2. The van der Waals surface area contributed by atoms with E-state index in [1.54, 1.807) is 0 Å². The monoisotopic (exact) mass is 296 g/mol. The smallest absolute Gasteiger partial charge is 0.124 e. The molecule has 1 atom stereocenters. The van der Waals surface area contributed by atoms with Crippen molar-refractivity contribution in [1.29, 1.82) is 0 Å². The van der Waals surface area contributed by atoms with Crippen LogP contribution >= 0.6 is 0 Å². The van der Waals surface area contributed by atoms with Crippen molar-refractivity contribution >= 4 is 0 Å². The molecule has 0 unspecified atom stereocenters. The van der Waals surface area contributed by atoms with E-state index in [4.69, 9.17) is 4.74 Å². The molecule has 1 aliphatic rings. The fourth-order valence-electron chi connectivity index (χ4n) is 2.96. The van der Waals surface area contributed by atoms with Crippen molar-refractivity contribution in [2.24, 2.45) is 0 Å². The SMILES string of the molecule is C[C@@H](c1ccccc1OCc1ccccc1)N1CCNCC1. The molecule has 3 nitrogen and oxygen atoms in total. The minimum atomic E-state index is 0.383. The second kappa shape index (κ2) is 7.43. The predicted octanol–water partition coefficient (Wildman–Crippen LogP) is 3.23. The quantitative estimate of drug-likeness (QED) is 0.917. The summed E-state index contributed by atoms with van der Waals surface area (Å²) in [7, 11) is 0. The average molecular weight is 296 g/mol. The van der Waals surface area contributed by atoms with E-state index in [1.165, 1.54) is 11.1 Å². The molecule has 0 aromatic heterocycles. The van der Waals surface area contributed by atoms with Gasteiger partial charge in [-0.15, -0.1) is 0 Å². The van der Waals surface area contributed by atoms with E-state index in [0.717, 1.165) is 31.9 Å². The highest BCUT2D eigenvalue weighted by Gasteiger charge is 2.20. The van der Waals surface area contributed by atoms with Crippen molar-refractivity contribution in [1.82, 2.24) is 10.2 Å². The van der Waals surface area contributed by atoms with Crippen LogP contribution in [0.15, 0.2) is 54.6 Å². The second-order valence-corrected chi connectivity index (χ2v) is 5.77. The van der Waals surface area contributed by atoms with E-state index in [2.05, 4.69) is 47.5 Å².